The van der Waals surface area contributed by atoms with Crippen LogP contribution in [0.25, 0.3) is 0 Å². The van der Waals surface area contributed by atoms with Crippen LogP contribution in [0.1, 0.15) is 58.8 Å². The Morgan fingerprint density at radius 2 is 2.14 bits per heavy atom. The molecule has 0 radical (unpaired) electrons. The Morgan fingerprint density at radius 3 is 2.71 bits per heavy atom. The van der Waals surface area contributed by atoms with Gasteiger partial charge in [-0.1, -0.05) is 32.6 Å². The first-order valence-electron chi connectivity index (χ1n) is 6.05. The molecule has 0 bridgehead atoms. The van der Waals surface area contributed by atoms with E-state index in [-0.39, 0.29) is 0 Å². The van der Waals surface area contributed by atoms with Crippen molar-refractivity contribution in [3.05, 3.63) is 0 Å². The summed E-state index contributed by atoms with van der Waals surface area (Å²) in [6.07, 6.45) is 8.25. The molecule has 14 heavy (non-hydrogen) atoms. The second kappa shape index (κ2) is 6.05. The van der Waals surface area contributed by atoms with E-state index in [1.165, 1.54) is 32.1 Å². The number of hydrogen-bond donors (Lipinski definition) is 0. The largest absolute Gasteiger partial charge is 0.340 e. The molecule has 1 rings (SSSR count). The molecule has 1 unspecified atom stereocenters. The van der Waals surface area contributed by atoms with Crippen molar-refractivity contribution in [1.82, 2.24) is 4.90 Å². The van der Waals surface area contributed by atoms with Crippen LogP contribution in [-0.2, 0) is 4.79 Å². The highest BCUT2D eigenvalue weighted by molar-refractivity contribution is 5.78. The molecule has 1 aliphatic rings. The van der Waals surface area contributed by atoms with E-state index >= 15 is 0 Å². The summed E-state index contributed by atoms with van der Waals surface area (Å²) in [4.78, 5) is 13.5. The topological polar surface area (TPSA) is 20.3 Å². The average molecular weight is 197 g/mol. The summed E-state index contributed by atoms with van der Waals surface area (Å²) in [5.74, 6) is 0.369. The SMILES string of the molecule is CCCCCCC(C)N1CCCC1=O. The zero-order chi connectivity index (χ0) is 10.4. The summed E-state index contributed by atoms with van der Waals surface area (Å²) in [5.41, 5.74) is 0. The van der Waals surface area contributed by atoms with Gasteiger partial charge in [-0.25, -0.2) is 0 Å². The van der Waals surface area contributed by atoms with Crippen molar-refractivity contribution in [1.29, 1.82) is 0 Å². The van der Waals surface area contributed by atoms with E-state index in [0.717, 1.165) is 19.4 Å². The summed E-state index contributed by atoms with van der Waals surface area (Å²) in [5, 5.41) is 0. The molecule has 0 aromatic rings. The Bertz CT molecular complexity index is 179. The summed E-state index contributed by atoms with van der Waals surface area (Å²) in [6, 6.07) is 0.474. The Labute approximate surface area is 87.7 Å². The summed E-state index contributed by atoms with van der Waals surface area (Å²) in [6.45, 7) is 5.41. The van der Waals surface area contributed by atoms with Crippen LogP contribution in [-0.4, -0.2) is 23.4 Å². The maximum absolute atomic E-state index is 11.4. The highest BCUT2D eigenvalue weighted by Gasteiger charge is 2.24. The second-order valence-corrected chi connectivity index (χ2v) is 4.39. The van der Waals surface area contributed by atoms with Gasteiger partial charge < -0.3 is 4.90 Å². The molecule has 2 nitrogen and oxygen atoms in total. The van der Waals surface area contributed by atoms with Gasteiger partial charge in [-0.2, -0.15) is 0 Å². The molecule has 0 aliphatic carbocycles. The van der Waals surface area contributed by atoms with Gasteiger partial charge in [-0.3, -0.25) is 4.79 Å². The molecule has 1 aliphatic heterocycles. The molecule has 1 amide bonds. The minimum atomic E-state index is 0.369. The normalized spacial score (nSPS) is 19.0. The number of carbonyl (C=O) groups is 1. The van der Waals surface area contributed by atoms with Gasteiger partial charge in [-0.05, 0) is 19.8 Å². The van der Waals surface area contributed by atoms with Crippen LogP contribution in [0.3, 0.4) is 0 Å². The van der Waals surface area contributed by atoms with Gasteiger partial charge in [0.25, 0.3) is 0 Å². The number of unbranched alkanes of at least 4 members (excludes halogenated alkanes) is 3. The molecule has 0 saturated carbocycles. The Kier molecular flexibility index (Phi) is 4.99. The summed E-state index contributed by atoms with van der Waals surface area (Å²) >= 11 is 0. The van der Waals surface area contributed by atoms with E-state index in [9.17, 15) is 4.79 Å². The maximum atomic E-state index is 11.4. The summed E-state index contributed by atoms with van der Waals surface area (Å²) in [7, 11) is 0. The van der Waals surface area contributed by atoms with Gasteiger partial charge in [0.2, 0.25) is 5.91 Å². The number of nitrogens with zero attached hydrogens (tertiary/aromatic N) is 1. The van der Waals surface area contributed by atoms with Crippen molar-refractivity contribution in [3.8, 4) is 0 Å². The first-order valence-corrected chi connectivity index (χ1v) is 6.05. The van der Waals surface area contributed by atoms with Gasteiger partial charge in [0.15, 0.2) is 0 Å². The lowest BCUT2D eigenvalue weighted by molar-refractivity contribution is -0.129. The minimum absolute atomic E-state index is 0.369. The van der Waals surface area contributed by atoms with E-state index in [1.807, 2.05) is 0 Å². The minimum Gasteiger partial charge on any atom is -0.340 e. The van der Waals surface area contributed by atoms with Crippen LogP contribution in [0.2, 0.25) is 0 Å². The van der Waals surface area contributed by atoms with Crippen LogP contribution in [0, 0.1) is 0 Å². The zero-order valence-corrected chi connectivity index (χ0v) is 9.59. The van der Waals surface area contributed by atoms with Gasteiger partial charge in [0.05, 0.1) is 0 Å². The third kappa shape index (κ3) is 3.32. The van der Waals surface area contributed by atoms with Crippen molar-refractivity contribution < 1.29 is 4.79 Å². The quantitative estimate of drug-likeness (QED) is 0.599. The molecule has 1 atom stereocenters. The zero-order valence-electron chi connectivity index (χ0n) is 9.59. The fourth-order valence-electron chi connectivity index (χ4n) is 2.16. The molecule has 1 heterocycles. The molecule has 2 heteroatoms. The molecule has 1 saturated heterocycles. The third-order valence-corrected chi connectivity index (χ3v) is 3.12. The van der Waals surface area contributed by atoms with Gasteiger partial charge in [0.1, 0.15) is 0 Å². The third-order valence-electron chi connectivity index (χ3n) is 3.12. The van der Waals surface area contributed by atoms with Crippen molar-refractivity contribution in [2.24, 2.45) is 0 Å². The van der Waals surface area contributed by atoms with Crippen molar-refractivity contribution in [2.45, 2.75) is 64.8 Å². The van der Waals surface area contributed by atoms with E-state index < -0.39 is 0 Å². The number of amides is 1. The first kappa shape index (κ1) is 11.5. The maximum Gasteiger partial charge on any atom is 0.222 e. The summed E-state index contributed by atoms with van der Waals surface area (Å²) < 4.78 is 0. The molecular weight excluding hydrogens is 174 g/mol. The standard InChI is InChI=1S/C12H23NO/c1-3-4-5-6-8-11(2)13-10-7-9-12(13)14/h11H,3-10H2,1-2H3. The number of carbonyl (C=O) groups excluding carboxylic acids is 1. The van der Waals surface area contributed by atoms with Gasteiger partial charge in [-0.15, -0.1) is 0 Å². The van der Waals surface area contributed by atoms with Crippen LogP contribution < -0.4 is 0 Å². The van der Waals surface area contributed by atoms with Crippen molar-refractivity contribution in [3.63, 3.8) is 0 Å². The molecule has 0 spiro atoms. The molecule has 0 N–H and O–H groups in total. The molecule has 0 aromatic heterocycles. The smallest absolute Gasteiger partial charge is 0.222 e. The van der Waals surface area contributed by atoms with Crippen molar-refractivity contribution >= 4 is 5.91 Å². The monoisotopic (exact) mass is 197 g/mol. The molecule has 1 fully saturated rings. The highest BCUT2D eigenvalue weighted by Crippen LogP contribution is 2.17. The van der Waals surface area contributed by atoms with E-state index in [0.29, 0.717) is 11.9 Å². The molecule has 82 valence electrons. The lowest BCUT2D eigenvalue weighted by Crippen LogP contribution is -2.33. The predicted octanol–water partition coefficient (Wildman–Crippen LogP) is 2.97. The lowest BCUT2D eigenvalue weighted by Gasteiger charge is -2.24. The lowest BCUT2D eigenvalue weighted by atomic mass is 10.1. The predicted molar refractivity (Wildman–Crippen MR) is 59.2 cm³/mol. The second-order valence-electron chi connectivity index (χ2n) is 4.39. The van der Waals surface area contributed by atoms with Crippen LogP contribution in [0.15, 0.2) is 0 Å². The van der Waals surface area contributed by atoms with Gasteiger partial charge >= 0.3 is 0 Å². The Balaban J connectivity index is 2.14. The number of rotatable bonds is 6. The molecular formula is C12H23NO. The molecule has 0 aromatic carbocycles. The number of likely N-dealkylation sites (tertiary alicyclic amines) is 1. The van der Waals surface area contributed by atoms with E-state index in [2.05, 4.69) is 18.7 Å². The van der Waals surface area contributed by atoms with E-state index in [4.69, 9.17) is 0 Å². The van der Waals surface area contributed by atoms with Crippen molar-refractivity contribution in [2.75, 3.05) is 6.54 Å². The van der Waals surface area contributed by atoms with E-state index in [1.54, 1.807) is 0 Å². The van der Waals surface area contributed by atoms with Crippen LogP contribution in [0.4, 0.5) is 0 Å². The van der Waals surface area contributed by atoms with Crippen LogP contribution in [0.5, 0.6) is 0 Å². The Hall–Kier alpha value is -0.530. The first-order chi connectivity index (χ1) is 6.75. The average Bonchev–Trinajstić information content (AvgIpc) is 2.59. The fraction of sp³-hybridized carbons (Fsp3) is 0.917. The number of hydrogen-bond acceptors (Lipinski definition) is 1. The fourth-order valence-corrected chi connectivity index (χ4v) is 2.16. The van der Waals surface area contributed by atoms with Crippen LogP contribution >= 0.6 is 0 Å². The Morgan fingerprint density at radius 1 is 1.36 bits per heavy atom. The highest BCUT2D eigenvalue weighted by atomic mass is 16.2. The van der Waals surface area contributed by atoms with Gasteiger partial charge in [0, 0.05) is 19.0 Å².